The van der Waals surface area contributed by atoms with E-state index in [1.54, 1.807) is 19.1 Å². The maximum atomic E-state index is 11.9. The van der Waals surface area contributed by atoms with Gasteiger partial charge in [0, 0.05) is 17.6 Å². The summed E-state index contributed by atoms with van der Waals surface area (Å²) in [5.41, 5.74) is 0. The minimum Gasteiger partial charge on any atom is -0.479 e. The van der Waals surface area contributed by atoms with E-state index in [4.69, 9.17) is 21.1 Å². The molecule has 110 valence electrons. The van der Waals surface area contributed by atoms with Crippen molar-refractivity contribution in [1.82, 2.24) is 5.32 Å². The molecule has 1 aromatic rings. The molecule has 1 aromatic carbocycles. The molecule has 1 amide bonds. The van der Waals surface area contributed by atoms with Crippen LogP contribution < -0.4 is 10.1 Å². The van der Waals surface area contributed by atoms with Gasteiger partial charge < -0.3 is 14.8 Å². The number of amides is 1. The topological polar surface area (TPSA) is 47.6 Å². The van der Waals surface area contributed by atoms with Crippen molar-refractivity contribution < 1.29 is 14.3 Å². The number of hydrogen-bond donors (Lipinski definition) is 1. The first-order chi connectivity index (χ1) is 9.56. The zero-order chi connectivity index (χ0) is 14.5. The number of rotatable bonds is 5. The highest BCUT2D eigenvalue weighted by atomic mass is 79.9. The summed E-state index contributed by atoms with van der Waals surface area (Å²) >= 11 is 9.37. The summed E-state index contributed by atoms with van der Waals surface area (Å²) in [5, 5.41) is 3.30. The molecule has 2 rings (SSSR count). The van der Waals surface area contributed by atoms with Crippen LogP contribution in [0.4, 0.5) is 0 Å². The third-order valence-corrected chi connectivity index (χ3v) is 3.88. The van der Waals surface area contributed by atoms with Crippen LogP contribution >= 0.6 is 27.5 Å². The first kappa shape index (κ1) is 15.6. The quantitative estimate of drug-likeness (QED) is 0.875. The largest absolute Gasteiger partial charge is 0.479 e. The average Bonchev–Trinajstić information content (AvgIpc) is 2.92. The van der Waals surface area contributed by atoms with Gasteiger partial charge in [0.05, 0.1) is 11.1 Å². The summed E-state index contributed by atoms with van der Waals surface area (Å²) in [6, 6.07) is 5.28. The molecule has 0 radical (unpaired) electrons. The maximum absolute atomic E-state index is 11.9. The third kappa shape index (κ3) is 4.36. The molecule has 1 aliphatic heterocycles. The van der Waals surface area contributed by atoms with Gasteiger partial charge in [0.25, 0.3) is 5.91 Å². The number of hydrogen-bond acceptors (Lipinski definition) is 3. The number of carbonyl (C=O) groups excluding carboxylic acids is 1. The van der Waals surface area contributed by atoms with Crippen LogP contribution in [0.3, 0.4) is 0 Å². The van der Waals surface area contributed by atoms with Gasteiger partial charge in [-0.3, -0.25) is 4.79 Å². The van der Waals surface area contributed by atoms with E-state index in [9.17, 15) is 4.79 Å². The third-order valence-electron chi connectivity index (χ3n) is 3.09. The molecule has 1 N–H and O–H groups in total. The molecule has 20 heavy (non-hydrogen) atoms. The maximum Gasteiger partial charge on any atom is 0.260 e. The van der Waals surface area contributed by atoms with Gasteiger partial charge >= 0.3 is 0 Å². The first-order valence-corrected chi connectivity index (χ1v) is 7.74. The summed E-state index contributed by atoms with van der Waals surface area (Å²) in [6.07, 6.45) is 1.58. The molecular weight excluding hydrogens is 346 g/mol. The Labute approximate surface area is 131 Å². The number of halogens is 2. The van der Waals surface area contributed by atoms with E-state index in [0.717, 1.165) is 23.9 Å². The van der Waals surface area contributed by atoms with Crippen molar-refractivity contribution in [3.8, 4) is 5.75 Å². The van der Waals surface area contributed by atoms with Crippen LogP contribution in [-0.2, 0) is 9.53 Å². The van der Waals surface area contributed by atoms with Gasteiger partial charge in [0.1, 0.15) is 5.75 Å². The van der Waals surface area contributed by atoms with Crippen LogP contribution in [0.2, 0.25) is 5.02 Å². The number of benzene rings is 1. The zero-order valence-electron chi connectivity index (χ0n) is 11.2. The Morgan fingerprint density at radius 1 is 1.65 bits per heavy atom. The summed E-state index contributed by atoms with van der Waals surface area (Å²) in [7, 11) is 0. The SMILES string of the molecule is C[C@H](Oc1ccc(Br)cc1Cl)C(=O)NC[C@@H]1CCCO1. The average molecular weight is 363 g/mol. The van der Waals surface area contributed by atoms with Gasteiger partial charge in [0.2, 0.25) is 0 Å². The lowest BCUT2D eigenvalue weighted by atomic mass is 10.2. The molecule has 2 atom stereocenters. The second kappa shape index (κ2) is 7.29. The van der Waals surface area contributed by atoms with Crippen molar-refractivity contribution in [3.63, 3.8) is 0 Å². The van der Waals surface area contributed by atoms with Crippen molar-refractivity contribution in [2.24, 2.45) is 0 Å². The Balaban J connectivity index is 1.83. The summed E-state index contributed by atoms with van der Waals surface area (Å²) in [5.74, 6) is 0.328. The number of nitrogens with one attached hydrogen (secondary N) is 1. The van der Waals surface area contributed by atoms with E-state index < -0.39 is 6.10 Å². The Hall–Kier alpha value is -0.780. The fourth-order valence-electron chi connectivity index (χ4n) is 1.98. The monoisotopic (exact) mass is 361 g/mol. The Morgan fingerprint density at radius 3 is 3.10 bits per heavy atom. The van der Waals surface area contributed by atoms with Gasteiger partial charge in [-0.05, 0) is 38.0 Å². The second-order valence-electron chi connectivity index (χ2n) is 4.72. The normalized spacial score (nSPS) is 19.6. The minimum atomic E-state index is -0.602. The van der Waals surface area contributed by atoms with E-state index >= 15 is 0 Å². The van der Waals surface area contributed by atoms with Gasteiger partial charge in [-0.1, -0.05) is 27.5 Å². The fourth-order valence-corrected chi connectivity index (χ4v) is 2.70. The number of carbonyl (C=O) groups is 1. The van der Waals surface area contributed by atoms with Crippen LogP contribution in [0.25, 0.3) is 0 Å². The molecule has 0 unspecified atom stereocenters. The van der Waals surface area contributed by atoms with Crippen molar-refractivity contribution in [3.05, 3.63) is 27.7 Å². The van der Waals surface area contributed by atoms with Crippen LogP contribution in [0, 0.1) is 0 Å². The number of ether oxygens (including phenoxy) is 2. The van der Waals surface area contributed by atoms with Crippen LogP contribution in [0.1, 0.15) is 19.8 Å². The summed E-state index contributed by atoms with van der Waals surface area (Å²) < 4.78 is 11.9. The summed E-state index contributed by atoms with van der Waals surface area (Å²) in [6.45, 7) is 3.00. The Morgan fingerprint density at radius 2 is 2.45 bits per heavy atom. The van der Waals surface area contributed by atoms with Crippen molar-refractivity contribution in [2.45, 2.75) is 32.0 Å². The lowest BCUT2D eigenvalue weighted by molar-refractivity contribution is -0.127. The first-order valence-electron chi connectivity index (χ1n) is 6.57. The second-order valence-corrected chi connectivity index (χ2v) is 6.04. The molecular formula is C14H17BrClNO3. The highest BCUT2D eigenvalue weighted by Crippen LogP contribution is 2.28. The van der Waals surface area contributed by atoms with E-state index in [1.165, 1.54) is 0 Å². The van der Waals surface area contributed by atoms with Gasteiger partial charge in [0.15, 0.2) is 6.10 Å². The molecule has 0 aliphatic carbocycles. The zero-order valence-corrected chi connectivity index (χ0v) is 13.5. The van der Waals surface area contributed by atoms with Crippen molar-refractivity contribution in [1.29, 1.82) is 0 Å². The molecule has 0 aromatic heterocycles. The van der Waals surface area contributed by atoms with Gasteiger partial charge in [-0.15, -0.1) is 0 Å². The Bertz CT molecular complexity index is 477. The molecule has 0 bridgehead atoms. The predicted molar refractivity (Wildman–Crippen MR) is 81.2 cm³/mol. The van der Waals surface area contributed by atoms with E-state index in [1.807, 2.05) is 6.07 Å². The van der Waals surface area contributed by atoms with Crippen molar-refractivity contribution in [2.75, 3.05) is 13.2 Å². The van der Waals surface area contributed by atoms with Crippen LogP contribution in [0.15, 0.2) is 22.7 Å². The smallest absolute Gasteiger partial charge is 0.260 e. The van der Waals surface area contributed by atoms with Crippen molar-refractivity contribution >= 4 is 33.4 Å². The molecule has 4 nitrogen and oxygen atoms in total. The summed E-state index contributed by atoms with van der Waals surface area (Å²) in [4.78, 5) is 11.9. The highest BCUT2D eigenvalue weighted by Gasteiger charge is 2.20. The Kier molecular flexibility index (Phi) is 5.69. The van der Waals surface area contributed by atoms with E-state index in [-0.39, 0.29) is 12.0 Å². The molecule has 6 heteroatoms. The fraction of sp³-hybridized carbons (Fsp3) is 0.500. The lowest BCUT2D eigenvalue weighted by Gasteiger charge is -2.17. The highest BCUT2D eigenvalue weighted by molar-refractivity contribution is 9.10. The minimum absolute atomic E-state index is 0.127. The van der Waals surface area contributed by atoms with Gasteiger partial charge in [-0.2, -0.15) is 0 Å². The molecule has 1 heterocycles. The van der Waals surface area contributed by atoms with Crippen LogP contribution in [0.5, 0.6) is 5.75 Å². The van der Waals surface area contributed by atoms with Gasteiger partial charge in [-0.25, -0.2) is 0 Å². The predicted octanol–water partition coefficient (Wildman–Crippen LogP) is 3.17. The van der Waals surface area contributed by atoms with E-state index in [0.29, 0.717) is 17.3 Å². The molecule has 1 fully saturated rings. The lowest BCUT2D eigenvalue weighted by Crippen LogP contribution is -2.40. The molecule has 0 spiro atoms. The van der Waals surface area contributed by atoms with E-state index in [2.05, 4.69) is 21.2 Å². The molecule has 0 saturated carbocycles. The molecule has 1 aliphatic rings. The standard InChI is InChI=1S/C14H17BrClNO3/c1-9(14(18)17-8-11-3-2-6-19-11)20-13-5-4-10(15)7-12(13)16/h4-5,7,9,11H,2-3,6,8H2,1H3,(H,17,18)/t9-,11-/m0/s1. The molecule has 1 saturated heterocycles. The van der Waals surface area contributed by atoms with Crippen LogP contribution in [-0.4, -0.2) is 31.3 Å².